The van der Waals surface area contributed by atoms with Gasteiger partial charge in [-0.1, -0.05) is 23.8 Å². The van der Waals surface area contributed by atoms with Crippen molar-refractivity contribution >= 4 is 17.3 Å². The van der Waals surface area contributed by atoms with Crippen LogP contribution in [-0.4, -0.2) is 23.6 Å². The molecule has 0 aliphatic heterocycles. The summed E-state index contributed by atoms with van der Waals surface area (Å²) < 4.78 is 5.35. The molecular weight excluding hydrogens is 300 g/mol. The van der Waals surface area contributed by atoms with Gasteiger partial charge in [0.25, 0.3) is 0 Å². The van der Waals surface area contributed by atoms with Crippen molar-refractivity contribution in [3.63, 3.8) is 0 Å². The minimum absolute atomic E-state index is 0.744. The first-order chi connectivity index (χ1) is 11.8. The van der Waals surface area contributed by atoms with E-state index >= 15 is 0 Å². The molecule has 0 atom stereocenters. The van der Waals surface area contributed by atoms with Gasteiger partial charge in [0, 0.05) is 12.6 Å². The minimum Gasteiger partial charge on any atom is -0.495 e. The number of hydrogen-bond donors (Lipinski definition) is 2. The van der Waals surface area contributed by atoms with Crippen molar-refractivity contribution in [2.75, 3.05) is 24.3 Å². The molecular formula is C19H24N4O. The summed E-state index contributed by atoms with van der Waals surface area (Å²) in [7, 11) is 1.66. The summed E-state index contributed by atoms with van der Waals surface area (Å²) in [5.74, 6) is 2.36. The highest BCUT2D eigenvalue weighted by molar-refractivity contribution is 5.65. The number of rotatable bonds is 7. The molecule has 0 radical (unpaired) electrons. The van der Waals surface area contributed by atoms with Gasteiger partial charge < -0.3 is 15.4 Å². The third kappa shape index (κ3) is 4.47. The van der Waals surface area contributed by atoms with E-state index in [1.807, 2.05) is 30.3 Å². The first-order valence-corrected chi connectivity index (χ1v) is 8.49. The predicted octanol–water partition coefficient (Wildman–Crippen LogP) is 4.53. The quantitative estimate of drug-likeness (QED) is 0.733. The van der Waals surface area contributed by atoms with E-state index in [9.17, 15) is 0 Å². The molecule has 2 aromatic rings. The van der Waals surface area contributed by atoms with Gasteiger partial charge in [0.15, 0.2) is 0 Å². The second-order valence-corrected chi connectivity index (χ2v) is 5.90. The summed E-state index contributed by atoms with van der Waals surface area (Å²) in [5, 5.41) is 6.66. The largest absolute Gasteiger partial charge is 0.495 e. The van der Waals surface area contributed by atoms with Crippen LogP contribution in [0.1, 0.15) is 32.1 Å². The van der Waals surface area contributed by atoms with Crippen LogP contribution in [0.4, 0.5) is 17.3 Å². The number of allylic oxidation sites excluding steroid dienone is 1. The lowest BCUT2D eigenvalue weighted by Gasteiger charge is -2.14. The van der Waals surface area contributed by atoms with E-state index in [0.717, 1.165) is 36.0 Å². The molecule has 24 heavy (non-hydrogen) atoms. The second-order valence-electron chi connectivity index (χ2n) is 5.90. The summed E-state index contributed by atoms with van der Waals surface area (Å²) in [6, 6.07) is 9.70. The van der Waals surface area contributed by atoms with Crippen molar-refractivity contribution in [1.82, 2.24) is 9.97 Å². The molecule has 5 heteroatoms. The zero-order chi connectivity index (χ0) is 16.6. The van der Waals surface area contributed by atoms with Crippen molar-refractivity contribution < 1.29 is 4.74 Å². The fourth-order valence-corrected chi connectivity index (χ4v) is 2.89. The maximum atomic E-state index is 5.35. The van der Waals surface area contributed by atoms with Gasteiger partial charge in [-0.15, -0.1) is 0 Å². The van der Waals surface area contributed by atoms with E-state index in [2.05, 4.69) is 26.7 Å². The molecule has 5 nitrogen and oxygen atoms in total. The third-order valence-corrected chi connectivity index (χ3v) is 4.17. The number of hydrogen-bond acceptors (Lipinski definition) is 5. The van der Waals surface area contributed by atoms with E-state index in [1.54, 1.807) is 19.0 Å². The van der Waals surface area contributed by atoms with E-state index in [1.165, 1.54) is 25.7 Å². The van der Waals surface area contributed by atoms with Crippen molar-refractivity contribution in [3.05, 3.63) is 48.3 Å². The summed E-state index contributed by atoms with van der Waals surface area (Å²) >= 11 is 0. The van der Waals surface area contributed by atoms with Gasteiger partial charge in [0.05, 0.1) is 12.8 Å². The molecule has 0 fully saturated rings. The molecule has 1 aromatic heterocycles. The molecule has 0 amide bonds. The number of benzene rings is 1. The van der Waals surface area contributed by atoms with Crippen molar-refractivity contribution in [2.24, 2.45) is 0 Å². The molecule has 0 bridgehead atoms. The highest BCUT2D eigenvalue weighted by Crippen LogP contribution is 2.26. The number of aromatic nitrogens is 2. The maximum absolute atomic E-state index is 5.35. The topological polar surface area (TPSA) is 59.1 Å². The number of nitrogens with zero attached hydrogens (tertiary/aromatic N) is 2. The van der Waals surface area contributed by atoms with Gasteiger partial charge in [-0.3, -0.25) is 0 Å². The zero-order valence-corrected chi connectivity index (χ0v) is 14.1. The molecule has 1 heterocycles. The SMILES string of the molecule is COc1ccccc1Nc1cc(NCCC2=CCCCC2)ncn1. The van der Waals surface area contributed by atoms with Crippen LogP contribution in [0.3, 0.4) is 0 Å². The molecule has 1 aliphatic rings. The van der Waals surface area contributed by atoms with Gasteiger partial charge in [-0.05, 0) is 44.2 Å². The monoisotopic (exact) mass is 324 g/mol. The van der Waals surface area contributed by atoms with Crippen LogP contribution in [0.5, 0.6) is 5.75 Å². The summed E-state index contributed by atoms with van der Waals surface area (Å²) in [6.45, 7) is 0.900. The van der Waals surface area contributed by atoms with Crippen LogP contribution in [0.2, 0.25) is 0 Å². The Morgan fingerprint density at radius 3 is 2.83 bits per heavy atom. The van der Waals surface area contributed by atoms with E-state index in [-0.39, 0.29) is 0 Å². The summed E-state index contributed by atoms with van der Waals surface area (Å²) in [4.78, 5) is 8.57. The molecule has 0 saturated heterocycles. The number of para-hydroxylation sites is 2. The standard InChI is InChI=1S/C19H24N4O/c1-24-17-10-6-5-9-16(17)23-19-13-18(21-14-22-19)20-12-11-15-7-3-2-4-8-15/h5-7,9-10,13-14H,2-4,8,11-12H2,1H3,(H2,20,21,22,23). The lowest BCUT2D eigenvalue weighted by molar-refractivity contribution is 0.417. The van der Waals surface area contributed by atoms with Crippen molar-refractivity contribution in [1.29, 1.82) is 0 Å². The van der Waals surface area contributed by atoms with Gasteiger partial charge in [0.2, 0.25) is 0 Å². The molecule has 1 aromatic carbocycles. The van der Waals surface area contributed by atoms with Crippen LogP contribution in [0.25, 0.3) is 0 Å². The molecule has 1 aliphatic carbocycles. The average molecular weight is 324 g/mol. The van der Waals surface area contributed by atoms with Gasteiger partial charge in [-0.25, -0.2) is 9.97 Å². The number of methoxy groups -OCH3 is 1. The van der Waals surface area contributed by atoms with Crippen LogP contribution < -0.4 is 15.4 Å². The Morgan fingerprint density at radius 2 is 2.00 bits per heavy atom. The van der Waals surface area contributed by atoms with Crippen molar-refractivity contribution in [2.45, 2.75) is 32.1 Å². The zero-order valence-electron chi connectivity index (χ0n) is 14.1. The fraction of sp³-hybridized carbons (Fsp3) is 0.368. The summed E-state index contributed by atoms with van der Waals surface area (Å²) in [6.07, 6.45) is 10.2. The smallest absolute Gasteiger partial charge is 0.142 e. The summed E-state index contributed by atoms with van der Waals surface area (Å²) in [5.41, 5.74) is 2.45. The van der Waals surface area contributed by atoms with Crippen LogP contribution in [0, 0.1) is 0 Å². The predicted molar refractivity (Wildman–Crippen MR) is 98.0 cm³/mol. The maximum Gasteiger partial charge on any atom is 0.142 e. The first kappa shape index (κ1) is 16.3. The highest BCUT2D eigenvalue weighted by atomic mass is 16.5. The molecule has 3 rings (SSSR count). The molecule has 2 N–H and O–H groups in total. The van der Waals surface area contributed by atoms with Gasteiger partial charge >= 0.3 is 0 Å². The Kier molecular flexibility index (Phi) is 5.66. The Labute approximate surface area is 143 Å². The highest BCUT2D eigenvalue weighted by Gasteiger charge is 2.05. The lowest BCUT2D eigenvalue weighted by atomic mass is 9.97. The molecule has 126 valence electrons. The lowest BCUT2D eigenvalue weighted by Crippen LogP contribution is -2.06. The third-order valence-electron chi connectivity index (χ3n) is 4.17. The fourth-order valence-electron chi connectivity index (χ4n) is 2.89. The number of ether oxygens (including phenoxy) is 1. The molecule has 0 saturated carbocycles. The van der Waals surface area contributed by atoms with Crippen LogP contribution in [-0.2, 0) is 0 Å². The Hall–Kier alpha value is -2.56. The Morgan fingerprint density at radius 1 is 1.12 bits per heavy atom. The number of anilines is 3. The second kappa shape index (κ2) is 8.34. The van der Waals surface area contributed by atoms with E-state index in [0.29, 0.717) is 0 Å². The van der Waals surface area contributed by atoms with Gasteiger partial charge in [-0.2, -0.15) is 0 Å². The van der Waals surface area contributed by atoms with Crippen LogP contribution in [0.15, 0.2) is 48.3 Å². The number of nitrogens with one attached hydrogen (secondary N) is 2. The molecule has 0 spiro atoms. The average Bonchev–Trinajstić information content (AvgIpc) is 2.63. The minimum atomic E-state index is 0.744. The first-order valence-electron chi connectivity index (χ1n) is 8.49. The Balaban J connectivity index is 1.58. The molecule has 0 unspecified atom stereocenters. The van der Waals surface area contributed by atoms with Crippen LogP contribution >= 0.6 is 0 Å². The van der Waals surface area contributed by atoms with E-state index in [4.69, 9.17) is 4.74 Å². The van der Waals surface area contributed by atoms with Crippen molar-refractivity contribution in [3.8, 4) is 5.75 Å². The normalized spacial score (nSPS) is 14.0. The Bertz CT molecular complexity index is 699. The van der Waals surface area contributed by atoms with Gasteiger partial charge in [0.1, 0.15) is 23.7 Å². The van der Waals surface area contributed by atoms with E-state index < -0.39 is 0 Å².